The molecule has 7 heteroatoms. The highest BCUT2D eigenvalue weighted by atomic mass is 32.2. The zero-order valence-corrected chi connectivity index (χ0v) is 14.5. The number of hydrogen-bond acceptors (Lipinski definition) is 5. The molecule has 0 aliphatic carbocycles. The summed E-state index contributed by atoms with van der Waals surface area (Å²) < 4.78 is 0. The topological polar surface area (TPSA) is 84.0 Å². The minimum atomic E-state index is -1.04. The summed E-state index contributed by atoms with van der Waals surface area (Å²) in [6.45, 7) is 0. The van der Waals surface area contributed by atoms with E-state index in [0.29, 0.717) is 16.5 Å². The zero-order chi connectivity index (χ0) is 18.2. The monoisotopic (exact) mass is 364 g/mol. The van der Waals surface area contributed by atoms with Crippen LogP contribution in [-0.4, -0.2) is 27.0 Å². The van der Waals surface area contributed by atoms with Crippen LogP contribution in [0.15, 0.2) is 84.3 Å². The number of thioether (sulfide) groups is 1. The lowest BCUT2D eigenvalue weighted by molar-refractivity contribution is -0.123. The Morgan fingerprint density at radius 2 is 1.19 bits per heavy atom. The van der Waals surface area contributed by atoms with Gasteiger partial charge in [-0.2, -0.15) is 0 Å². The molecule has 0 saturated heterocycles. The highest BCUT2D eigenvalue weighted by Crippen LogP contribution is 2.22. The largest absolute Gasteiger partial charge is 0.325 e. The molecule has 26 heavy (non-hydrogen) atoms. The van der Waals surface area contributed by atoms with Gasteiger partial charge in [-0.25, -0.2) is 9.97 Å². The van der Waals surface area contributed by atoms with Crippen LogP contribution in [-0.2, 0) is 9.59 Å². The van der Waals surface area contributed by atoms with Crippen LogP contribution >= 0.6 is 11.8 Å². The van der Waals surface area contributed by atoms with Gasteiger partial charge in [0.25, 0.3) is 0 Å². The van der Waals surface area contributed by atoms with Crippen LogP contribution in [0.1, 0.15) is 0 Å². The maximum Gasteiger partial charge on any atom is 0.247 e. The lowest BCUT2D eigenvalue weighted by Crippen LogP contribution is -2.36. The van der Waals surface area contributed by atoms with Gasteiger partial charge in [0, 0.05) is 23.8 Å². The van der Waals surface area contributed by atoms with Crippen molar-refractivity contribution in [3.05, 3.63) is 79.1 Å². The second kappa shape index (κ2) is 8.77. The number of carbonyl (C=O) groups is 2. The van der Waals surface area contributed by atoms with E-state index in [1.54, 1.807) is 42.7 Å². The molecule has 1 aromatic heterocycles. The Labute approximate surface area is 155 Å². The van der Waals surface area contributed by atoms with E-state index in [1.165, 1.54) is 0 Å². The highest BCUT2D eigenvalue weighted by molar-refractivity contribution is 8.01. The van der Waals surface area contributed by atoms with Crippen molar-refractivity contribution in [1.29, 1.82) is 0 Å². The lowest BCUT2D eigenvalue weighted by atomic mass is 10.2. The first-order chi connectivity index (χ1) is 12.7. The number of nitrogens with one attached hydrogen (secondary N) is 2. The summed E-state index contributed by atoms with van der Waals surface area (Å²) in [5, 5.41) is 4.81. The van der Waals surface area contributed by atoms with E-state index in [1.807, 2.05) is 36.4 Å². The Hall–Kier alpha value is -3.19. The van der Waals surface area contributed by atoms with E-state index in [2.05, 4.69) is 20.6 Å². The van der Waals surface area contributed by atoms with Crippen molar-refractivity contribution in [1.82, 2.24) is 9.97 Å². The molecule has 0 atom stereocenters. The van der Waals surface area contributed by atoms with Crippen LogP contribution in [0.2, 0.25) is 0 Å². The van der Waals surface area contributed by atoms with Gasteiger partial charge in [-0.3, -0.25) is 9.59 Å². The molecule has 3 rings (SSSR count). The minimum Gasteiger partial charge on any atom is -0.325 e. The fraction of sp³-hybridized carbons (Fsp3) is 0.0526. The van der Waals surface area contributed by atoms with E-state index in [-0.39, 0.29) is 0 Å². The average Bonchev–Trinajstić information content (AvgIpc) is 2.68. The quantitative estimate of drug-likeness (QED) is 0.399. The molecule has 0 aliphatic heterocycles. The van der Waals surface area contributed by atoms with Crippen LogP contribution in [0.3, 0.4) is 0 Å². The summed E-state index contributed by atoms with van der Waals surface area (Å²) in [7, 11) is 0. The number of para-hydroxylation sites is 2. The number of aromatic nitrogens is 2. The first kappa shape index (κ1) is 17.6. The van der Waals surface area contributed by atoms with Crippen molar-refractivity contribution >= 4 is 35.0 Å². The maximum absolute atomic E-state index is 12.7. The number of nitrogens with zero attached hydrogens (tertiary/aromatic N) is 2. The number of amides is 2. The molecule has 130 valence electrons. The molecular weight excluding hydrogens is 348 g/mol. The summed E-state index contributed by atoms with van der Waals surface area (Å²) in [6, 6.07) is 19.6. The molecule has 0 bridgehead atoms. The predicted octanol–water partition coefficient (Wildman–Crippen LogP) is 3.21. The van der Waals surface area contributed by atoms with Gasteiger partial charge >= 0.3 is 0 Å². The van der Waals surface area contributed by atoms with Crippen molar-refractivity contribution in [3.8, 4) is 0 Å². The molecule has 0 fully saturated rings. The van der Waals surface area contributed by atoms with Crippen molar-refractivity contribution in [2.24, 2.45) is 0 Å². The number of carbonyl (C=O) groups excluding carboxylic acids is 2. The molecule has 2 N–H and O–H groups in total. The van der Waals surface area contributed by atoms with Gasteiger partial charge in [-0.05, 0) is 30.3 Å². The van der Waals surface area contributed by atoms with E-state index in [0.717, 1.165) is 11.8 Å². The van der Waals surface area contributed by atoms with Gasteiger partial charge in [-0.15, -0.1) is 0 Å². The van der Waals surface area contributed by atoms with Gasteiger partial charge in [0.1, 0.15) is 0 Å². The Morgan fingerprint density at radius 3 is 1.65 bits per heavy atom. The van der Waals surface area contributed by atoms with Crippen molar-refractivity contribution < 1.29 is 9.59 Å². The third-order valence-corrected chi connectivity index (χ3v) is 4.41. The fourth-order valence-electron chi connectivity index (χ4n) is 2.14. The molecule has 0 radical (unpaired) electrons. The van der Waals surface area contributed by atoms with Crippen LogP contribution in [0.4, 0.5) is 11.4 Å². The Morgan fingerprint density at radius 1 is 0.731 bits per heavy atom. The minimum absolute atomic E-state index is 0.351. The van der Waals surface area contributed by atoms with Gasteiger partial charge in [0.2, 0.25) is 11.8 Å². The number of rotatable bonds is 6. The van der Waals surface area contributed by atoms with Gasteiger partial charge < -0.3 is 10.6 Å². The van der Waals surface area contributed by atoms with Gasteiger partial charge in [0.05, 0.1) is 0 Å². The van der Waals surface area contributed by atoms with Crippen LogP contribution in [0.25, 0.3) is 0 Å². The van der Waals surface area contributed by atoms with E-state index < -0.39 is 17.1 Å². The molecule has 0 unspecified atom stereocenters. The first-order valence-electron chi connectivity index (χ1n) is 7.88. The van der Waals surface area contributed by atoms with E-state index in [9.17, 15) is 9.59 Å². The molecule has 6 nitrogen and oxygen atoms in total. The molecule has 0 spiro atoms. The summed E-state index contributed by atoms with van der Waals surface area (Å²) >= 11 is 0.997. The number of anilines is 2. The molecule has 0 aliphatic rings. The normalized spacial score (nSPS) is 10.3. The summed E-state index contributed by atoms with van der Waals surface area (Å²) in [5.41, 5.74) is 1.23. The fourth-order valence-corrected chi connectivity index (χ4v) is 2.92. The summed E-state index contributed by atoms with van der Waals surface area (Å²) in [6.07, 6.45) is 3.13. The third-order valence-electron chi connectivity index (χ3n) is 3.32. The van der Waals surface area contributed by atoms with Gasteiger partial charge in [-0.1, -0.05) is 48.2 Å². The smallest absolute Gasteiger partial charge is 0.247 e. The second-order valence-corrected chi connectivity index (χ2v) is 6.31. The second-order valence-electron chi connectivity index (χ2n) is 5.24. The molecule has 1 heterocycles. The molecular formula is C19H16N4O2S. The summed E-state index contributed by atoms with van der Waals surface area (Å²) in [4.78, 5) is 33.6. The van der Waals surface area contributed by atoms with Crippen LogP contribution < -0.4 is 10.6 Å². The van der Waals surface area contributed by atoms with E-state index >= 15 is 0 Å². The molecule has 3 aromatic rings. The van der Waals surface area contributed by atoms with Crippen LogP contribution in [0, 0.1) is 0 Å². The molecule has 0 saturated carbocycles. The third kappa shape index (κ3) is 4.90. The molecule has 2 aromatic carbocycles. The highest BCUT2D eigenvalue weighted by Gasteiger charge is 2.29. The van der Waals surface area contributed by atoms with Gasteiger partial charge in [0.15, 0.2) is 10.4 Å². The maximum atomic E-state index is 12.7. The predicted molar refractivity (Wildman–Crippen MR) is 102 cm³/mol. The van der Waals surface area contributed by atoms with E-state index in [4.69, 9.17) is 0 Å². The Balaban J connectivity index is 1.78. The first-order valence-corrected chi connectivity index (χ1v) is 8.76. The number of benzene rings is 2. The SMILES string of the molecule is O=C(Nc1ccccc1)C(Sc1ncccn1)C(=O)Nc1ccccc1. The number of hydrogen-bond donors (Lipinski definition) is 2. The standard InChI is InChI=1S/C19H16N4O2S/c24-17(22-14-8-3-1-4-9-14)16(26-19-20-12-7-13-21-19)18(25)23-15-10-5-2-6-11-15/h1-13,16H,(H,22,24)(H,23,25). The summed E-state index contributed by atoms with van der Waals surface area (Å²) in [5.74, 6) is -0.885. The lowest BCUT2D eigenvalue weighted by Gasteiger charge is -2.15. The molecule has 2 amide bonds. The Kier molecular flexibility index (Phi) is 5.95. The van der Waals surface area contributed by atoms with Crippen LogP contribution in [0.5, 0.6) is 0 Å². The zero-order valence-electron chi connectivity index (χ0n) is 13.7. The van der Waals surface area contributed by atoms with Crippen molar-refractivity contribution in [2.45, 2.75) is 10.4 Å². The Bertz CT molecular complexity index is 807. The van der Waals surface area contributed by atoms with Crippen molar-refractivity contribution in [2.75, 3.05) is 10.6 Å². The van der Waals surface area contributed by atoms with Crippen molar-refractivity contribution in [3.63, 3.8) is 0 Å². The average molecular weight is 364 g/mol.